The molecule has 0 spiro atoms. The van der Waals surface area contributed by atoms with Crippen LogP contribution in [0.5, 0.6) is 0 Å². The van der Waals surface area contributed by atoms with E-state index in [0.717, 1.165) is 6.61 Å². The lowest BCUT2D eigenvalue weighted by molar-refractivity contribution is -0.141. The number of hydrogen-bond donors (Lipinski definition) is 0. The Morgan fingerprint density at radius 3 is 2.58 bits per heavy atom. The number of hydrogen-bond acceptors (Lipinski definition) is 3. The molecular formula is C8H16O3Si. The fraction of sp³-hybridized carbons (Fsp3) is 0.875. The van der Waals surface area contributed by atoms with E-state index in [-0.39, 0.29) is 12.1 Å². The van der Waals surface area contributed by atoms with Gasteiger partial charge in [0.15, 0.2) is 0 Å². The van der Waals surface area contributed by atoms with Gasteiger partial charge in [-0.1, -0.05) is 19.6 Å². The molecule has 1 rings (SSSR count). The molecule has 70 valence electrons. The van der Waals surface area contributed by atoms with Crippen LogP contribution in [0.4, 0.5) is 0 Å². The van der Waals surface area contributed by atoms with Crippen molar-refractivity contribution >= 4 is 14.0 Å². The van der Waals surface area contributed by atoms with Crippen molar-refractivity contribution in [3.8, 4) is 0 Å². The lowest BCUT2D eigenvalue weighted by Gasteiger charge is -2.13. The molecule has 12 heavy (non-hydrogen) atoms. The van der Waals surface area contributed by atoms with E-state index in [1.807, 2.05) is 0 Å². The van der Waals surface area contributed by atoms with Gasteiger partial charge in [0.1, 0.15) is 12.7 Å². The van der Waals surface area contributed by atoms with Crippen LogP contribution in [-0.2, 0) is 14.3 Å². The molecule has 0 amide bonds. The van der Waals surface area contributed by atoms with Crippen LogP contribution in [0.2, 0.25) is 25.7 Å². The molecule has 0 aromatic carbocycles. The van der Waals surface area contributed by atoms with Crippen molar-refractivity contribution < 1.29 is 14.3 Å². The molecule has 0 aromatic rings. The molecule has 1 aliphatic rings. The lowest BCUT2D eigenvalue weighted by Crippen LogP contribution is -2.25. The van der Waals surface area contributed by atoms with E-state index in [0.29, 0.717) is 12.7 Å². The molecule has 0 N–H and O–H groups in total. The number of carbonyl (C=O) groups excluding carboxylic acids is 1. The van der Waals surface area contributed by atoms with Gasteiger partial charge in [-0.3, -0.25) is 4.79 Å². The maximum absolute atomic E-state index is 11.1. The quantitative estimate of drug-likeness (QED) is 0.379. The predicted octanol–water partition coefficient (Wildman–Crippen LogP) is 1.27. The Balaban J connectivity index is 2.10. The van der Waals surface area contributed by atoms with Crippen molar-refractivity contribution in [2.45, 2.75) is 31.8 Å². The van der Waals surface area contributed by atoms with Gasteiger partial charge < -0.3 is 9.47 Å². The monoisotopic (exact) mass is 188 g/mol. The zero-order valence-corrected chi connectivity index (χ0v) is 8.92. The van der Waals surface area contributed by atoms with Gasteiger partial charge in [0.05, 0.1) is 14.7 Å². The van der Waals surface area contributed by atoms with E-state index in [2.05, 4.69) is 19.6 Å². The van der Waals surface area contributed by atoms with Crippen molar-refractivity contribution in [1.82, 2.24) is 0 Å². The Hall–Kier alpha value is -0.353. The summed E-state index contributed by atoms with van der Waals surface area (Å²) >= 11 is 0. The highest BCUT2D eigenvalue weighted by atomic mass is 28.3. The molecule has 1 aliphatic heterocycles. The lowest BCUT2D eigenvalue weighted by atomic mass is 10.5. The van der Waals surface area contributed by atoms with Crippen LogP contribution in [-0.4, -0.2) is 33.4 Å². The molecule has 1 heterocycles. The van der Waals surface area contributed by atoms with E-state index in [1.54, 1.807) is 0 Å². The third-order valence-electron chi connectivity index (χ3n) is 1.51. The summed E-state index contributed by atoms with van der Waals surface area (Å²) in [6.45, 7) is 7.66. The second-order valence-corrected chi connectivity index (χ2v) is 9.85. The molecule has 1 unspecified atom stereocenters. The average molecular weight is 188 g/mol. The predicted molar refractivity (Wildman–Crippen MR) is 48.9 cm³/mol. The van der Waals surface area contributed by atoms with Gasteiger partial charge in [-0.2, -0.15) is 0 Å². The highest BCUT2D eigenvalue weighted by Gasteiger charge is 2.25. The second kappa shape index (κ2) is 3.58. The zero-order valence-electron chi connectivity index (χ0n) is 7.92. The van der Waals surface area contributed by atoms with Crippen LogP contribution in [0, 0.1) is 0 Å². The number of ether oxygens (including phenoxy) is 2. The largest absolute Gasteiger partial charge is 0.463 e. The van der Waals surface area contributed by atoms with Crippen LogP contribution >= 0.6 is 0 Å². The summed E-state index contributed by atoms with van der Waals surface area (Å²) in [5.41, 5.74) is 0. The van der Waals surface area contributed by atoms with Gasteiger partial charge in [-0.15, -0.1) is 0 Å². The molecule has 1 fully saturated rings. The second-order valence-electron chi connectivity index (χ2n) is 4.38. The minimum absolute atomic E-state index is 0.0651. The highest BCUT2D eigenvalue weighted by molar-refractivity contribution is 6.78. The number of rotatable bonds is 4. The van der Waals surface area contributed by atoms with Crippen molar-refractivity contribution in [1.29, 1.82) is 0 Å². The Morgan fingerprint density at radius 1 is 1.58 bits per heavy atom. The van der Waals surface area contributed by atoms with E-state index in [4.69, 9.17) is 9.47 Å². The molecule has 0 radical (unpaired) electrons. The molecule has 1 atom stereocenters. The molecule has 0 bridgehead atoms. The van der Waals surface area contributed by atoms with Crippen LogP contribution in [0.15, 0.2) is 0 Å². The molecule has 0 aromatic heterocycles. The van der Waals surface area contributed by atoms with E-state index < -0.39 is 8.07 Å². The van der Waals surface area contributed by atoms with Crippen molar-refractivity contribution in [2.24, 2.45) is 0 Å². The number of esters is 1. The first-order chi connectivity index (χ1) is 5.47. The fourth-order valence-corrected chi connectivity index (χ4v) is 1.80. The molecule has 0 aliphatic carbocycles. The van der Waals surface area contributed by atoms with Gasteiger partial charge in [0, 0.05) is 6.04 Å². The molecule has 3 nitrogen and oxygen atoms in total. The van der Waals surface area contributed by atoms with Gasteiger partial charge in [0.2, 0.25) is 0 Å². The van der Waals surface area contributed by atoms with Crippen molar-refractivity contribution in [2.75, 3.05) is 13.2 Å². The highest BCUT2D eigenvalue weighted by Crippen LogP contribution is 2.12. The molecule has 4 heteroatoms. The van der Waals surface area contributed by atoms with Gasteiger partial charge >= 0.3 is 5.97 Å². The minimum atomic E-state index is -1.29. The summed E-state index contributed by atoms with van der Waals surface area (Å²) in [6, 6.07) is 0.611. The summed E-state index contributed by atoms with van der Waals surface area (Å²) < 4.78 is 9.94. The smallest absolute Gasteiger partial charge is 0.303 e. The Morgan fingerprint density at radius 2 is 2.17 bits per heavy atom. The van der Waals surface area contributed by atoms with E-state index in [1.165, 1.54) is 0 Å². The van der Waals surface area contributed by atoms with Crippen molar-refractivity contribution in [3.63, 3.8) is 0 Å². The Labute approximate surface area is 74.1 Å². The summed E-state index contributed by atoms with van der Waals surface area (Å²) in [7, 11) is -1.29. The van der Waals surface area contributed by atoms with Gasteiger partial charge in [0.25, 0.3) is 0 Å². The summed E-state index contributed by atoms with van der Waals surface area (Å²) in [4.78, 5) is 11.1. The van der Waals surface area contributed by atoms with E-state index in [9.17, 15) is 4.79 Å². The average Bonchev–Trinajstić information content (AvgIpc) is 2.61. The SMILES string of the molecule is C[Si](C)(C)CC(=O)OCC1CO1. The normalized spacial score (nSPS) is 22.1. The topological polar surface area (TPSA) is 38.8 Å². The van der Waals surface area contributed by atoms with Crippen LogP contribution in [0.3, 0.4) is 0 Å². The fourth-order valence-electron chi connectivity index (χ4n) is 0.834. The molecule has 0 saturated carbocycles. The van der Waals surface area contributed by atoms with Crippen LogP contribution in [0.25, 0.3) is 0 Å². The molecular weight excluding hydrogens is 172 g/mol. The van der Waals surface area contributed by atoms with Gasteiger partial charge in [-0.05, 0) is 0 Å². The summed E-state index contributed by atoms with van der Waals surface area (Å²) in [5, 5.41) is 0. The van der Waals surface area contributed by atoms with Gasteiger partial charge in [-0.25, -0.2) is 0 Å². The van der Waals surface area contributed by atoms with Crippen molar-refractivity contribution in [3.05, 3.63) is 0 Å². The standard InChI is InChI=1S/C8H16O3Si/c1-12(2,3)6-8(9)11-5-7-4-10-7/h7H,4-6H2,1-3H3. The first-order valence-electron chi connectivity index (χ1n) is 4.24. The van der Waals surface area contributed by atoms with Crippen LogP contribution in [0.1, 0.15) is 0 Å². The summed E-state index contributed by atoms with van der Waals surface area (Å²) in [6.07, 6.45) is 0.190. The Kier molecular flexibility index (Phi) is 2.90. The first kappa shape index (κ1) is 9.73. The first-order valence-corrected chi connectivity index (χ1v) is 7.95. The van der Waals surface area contributed by atoms with E-state index >= 15 is 0 Å². The summed E-state index contributed by atoms with van der Waals surface area (Å²) in [5.74, 6) is -0.0651. The third kappa shape index (κ3) is 4.51. The number of carbonyl (C=O) groups is 1. The number of epoxide rings is 1. The minimum Gasteiger partial charge on any atom is -0.463 e. The maximum Gasteiger partial charge on any atom is 0.303 e. The zero-order chi connectivity index (χ0) is 9.19. The Bertz CT molecular complexity index is 170. The third-order valence-corrected chi connectivity index (χ3v) is 2.86. The van der Waals surface area contributed by atoms with Crippen LogP contribution < -0.4 is 0 Å². The maximum atomic E-state index is 11.1. The molecule has 1 saturated heterocycles.